The van der Waals surface area contributed by atoms with Crippen molar-refractivity contribution in [3.05, 3.63) is 27.8 Å². The van der Waals surface area contributed by atoms with Gasteiger partial charge in [0, 0.05) is 22.1 Å². The van der Waals surface area contributed by atoms with Crippen LogP contribution in [-0.2, 0) is 11.2 Å². The number of Topliss-reactive ketones (excluding diaryl/α,β-unsaturated/α-hetero) is 2. The van der Waals surface area contributed by atoms with E-state index in [1.807, 2.05) is 0 Å². The fourth-order valence-electron chi connectivity index (χ4n) is 3.90. The molecule has 0 amide bonds. The molecule has 0 radical (unpaired) electrons. The fourth-order valence-corrected chi connectivity index (χ4v) is 3.90. The van der Waals surface area contributed by atoms with Crippen molar-refractivity contribution in [2.24, 2.45) is 5.41 Å². The van der Waals surface area contributed by atoms with Crippen LogP contribution < -0.4 is 0 Å². The van der Waals surface area contributed by atoms with Crippen molar-refractivity contribution >= 4 is 11.6 Å². The summed E-state index contributed by atoms with van der Waals surface area (Å²) < 4.78 is 0. The van der Waals surface area contributed by atoms with Gasteiger partial charge in [0.05, 0.1) is 0 Å². The summed E-state index contributed by atoms with van der Waals surface area (Å²) in [5.74, 6) is -3.44. The molecule has 6 heteroatoms. The standard InChI is InChI=1S/C17H18O6/c1-6-8(3)16(4)5-9-10(15(22)17(16,23)14(6)21)7(2)11(18)13(20)12(9)19/h18-20,23H,5H2,1-4H3/t16-,17-/m1/s1. The monoisotopic (exact) mass is 318 g/mol. The highest BCUT2D eigenvalue weighted by Crippen LogP contribution is 2.58. The van der Waals surface area contributed by atoms with Crippen molar-refractivity contribution in [3.8, 4) is 17.2 Å². The van der Waals surface area contributed by atoms with Gasteiger partial charge in [-0.1, -0.05) is 12.5 Å². The maximum atomic E-state index is 13.0. The SMILES string of the molecule is CC1=C(C)[C@@]2(C)Cc3c(O)c(O)c(O)c(C)c3C(=O)[C@]2(O)C1=O. The van der Waals surface area contributed by atoms with E-state index in [2.05, 4.69) is 0 Å². The number of rotatable bonds is 0. The van der Waals surface area contributed by atoms with Crippen LogP contribution in [0.3, 0.4) is 0 Å². The van der Waals surface area contributed by atoms with Gasteiger partial charge in [-0.25, -0.2) is 0 Å². The minimum Gasteiger partial charge on any atom is -0.504 e. The maximum Gasteiger partial charge on any atom is 0.204 e. The van der Waals surface area contributed by atoms with Gasteiger partial charge in [-0.2, -0.15) is 0 Å². The first kappa shape index (κ1) is 15.6. The molecule has 122 valence electrons. The molecule has 0 aliphatic heterocycles. The predicted molar refractivity (Wildman–Crippen MR) is 80.6 cm³/mol. The number of carbonyl (C=O) groups excluding carboxylic acids is 2. The number of ketones is 2. The van der Waals surface area contributed by atoms with Crippen LogP contribution in [0.5, 0.6) is 17.2 Å². The second kappa shape index (κ2) is 4.14. The summed E-state index contributed by atoms with van der Waals surface area (Å²) in [5.41, 5.74) is -2.49. The van der Waals surface area contributed by atoms with Gasteiger partial charge in [0.15, 0.2) is 22.9 Å². The first-order valence-corrected chi connectivity index (χ1v) is 7.26. The number of carbonyl (C=O) groups is 2. The molecule has 1 aromatic rings. The third-order valence-corrected chi connectivity index (χ3v) is 5.71. The first-order valence-electron chi connectivity index (χ1n) is 7.26. The normalized spacial score (nSPS) is 29.8. The molecule has 3 rings (SSSR count). The van der Waals surface area contributed by atoms with E-state index in [-0.39, 0.29) is 23.1 Å². The van der Waals surface area contributed by atoms with E-state index >= 15 is 0 Å². The number of benzene rings is 1. The lowest BCUT2D eigenvalue weighted by Crippen LogP contribution is -2.59. The van der Waals surface area contributed by atoms with E-state index in [4.69, 9.17) is 0 Å². The van der Waals surface area contributed by atoms with Crippen LogP contribution in [0.4, 0.5) is 0 Å². The average Bonchev–Trinajstić information content (AvgIpc) is 2.64. The Kier molecular flexibility index (Phi) is 2.80. The van der Waals surface area contributed by atoms with Gasteiger partial charge >= 0.3 is 0 Å². The number of hydrogen-bond acceptors (Lipinski definition) is 6. The molecular formula is C17H18O6. The van der Waals surface area contributed by atoms with Crippen molar-refractivity contribution in [2.45, 2.75) is 39.7 Å². The van der Waals surface area contributed by atoms with Crippen molar-refractivity contribution in [3.63, 3.8) is 0 Å². The number of hydrogen-bond donors (Lipinski definition) is 4. The Balaban J connectivity index is 2.42. The fraction of sp³-hybridized carbons (Fsp3) is 0.412. The van der Waals surface area contributed by atoms with Gasteiger partial charge in [-0.3, -0.25) is 9.59 Å². The zero-order valence-corrected chi connectivity index (χ0v) is 13.3. The average molecular weight is 318 g/mol. The van der Waals surface area contributed by atoms with Gasteiger partial charge < -0.3 is 20.4 Å². The molecule has 0 spiro atoms. The number of phenolic OH excluding ortho intramolecular Hbond substituents is 3. The molecule has 2 atom stereocenters. The number of aromatic hydroxyl groups is 3. The lowest BCUT2D eigenvalue weighted by molar-refractivity contribution is -0.134. The predicted octanol–water partition coefficient (Wildman–Crippen LogP) is 1.51. The van der Waals surface area contributed by atoms with E-state index in [0.29, 0.717) is 11.1 Å². The molecule has 2 aliphatic rings. The van der Waals surface area contributed by atoms with Crippen molar-refractivity contribution in [1.29, 1.82) is 0 Å². The van der Waals surface area contributed by atoms with Gasteiger partial charge in [-0.05, 0) is 32.8 Å². The Bertz CT molecular complexity index is 834. The van der Waals surface area contributed by atoms with Crippen LogP contribution in [0, 0.1) is 12.3 Å². The van der Waals surface area contributed by atoms with E-state index in [9.17, 15) is 30.0 Å². The smallest absolute Gasteiger partial charge is 0.204 e. The van der Waals surface area contributed by atoms with Crippen molar-refractivity contribution < 1.29 is 30.0 Å². The summed E-state index contributed by atoms with van der Waals surface area (Å²) >= 11 is 0. The largest absolute Gasteiger partial charge is 0.504 e. The zero-order valence-electron chi connectivity index (χ0n) is 13.3. The Morgan fingerprint density at radius 1 is 0.913 bits per heavy atom. The molecule has 0 fully saturated rings. The van der Waals surface area contributed by atoms with E-state index in [1.54, 1.807) is 20.8 Å². The topological polar surface area (TPSA) is 115 Å². The molecule has 0 aromatic heterocycles. The first-order chi connectivity index (χ1) is 10.5. The van der Waals surface area contributed by atoms with Crippen LogP contribution >= 0.6 is 0 Å². The van der Waals surface area contributed by atoms with E-state index in [0.717, 1.165) is 0 Å². The molecule has 23 heavy (non-hydrogen) atoms. The zero-order chi connectivity index (χ0) is 17.5. The second-order valence-electron chi connectivity index (χ2n) is 6.65. The Hall–Kier alpha value is -2.34. The van der Waals surface area contributed by atoms with Crippen LogP contribution in [0.1, 0.15) is 42.3 Å². The van der Waals surface area contributed by atoms with Crippen LogP contribution in [0.15, 0.2) is 11.1 Å². The minimum absolute atomic E-state index is 0. The van der Waals surface area contributed by atoms with E-state index in [1.165, 1.54) is 6.92 Å². The summed E-state index contributed by atoms with van der Waals surface area (Å²) in [4.78, 5) is 25.5. The molecule has 2 aliphatic carbocycles. The molecule has 0 saturated carbocycles. The second-order valence-corrected chi connectivity index (χ2v) is 6.65. The summed E-state index contributed by atoms with van der Waals surface area (Å²) in [7, 11) is 0. The summed E-state index contributed by atoms with van der Waals surface area (Å²) in [6, 6.07) is 0. The molecule has 0 unspecified atom stereocenters. The van der Waals surface area contributed by atoms with Crippen molar-refractivity contribution in [1.82, 2.24) is 0 Å². The molecule has 6 nitrogen and oxygen atoms in total. The molecular weight excluding hydrogens is 300 g/mol. The summed E-state index contributed by atoms with van der Waals surface area (Å²) in [6.07, 6.45) is 0. The highest BCUT2D eigenvalue weighted by atomic mass is 16.3. The van der Waals surface area contributed by atoms with Gasteiger partial charge in [0.2, 0.25) is 11.5 Å². The molecule has 4 N–H and O–H groups in total. The molecule has 0 heterocycles. The van der Waals surface area contributed by atoms with Crippen molar-refractivity contribution in [2.75, 3.05) is 0 Å². The lowest BCUT2D eigenvalue weighted by atomic mass is 9.60. The molecule has 0 bridgehead atoms. The number of phenols is 3. The van der Waals surface area contributed by atoms with Gasteiger partial charge in [0.25, 0.3) is 0 Å². The number of fused-ring (bicyclic) bond motifs is 2. The lowest BCUT2D eigenvalue weighted by Gasteiger charge is -2.43. The molecule has 1 aromatic carbocycles. The van der Waals surface area contributed by atoms with Crippen LogP contribution in [0.2, 0.25) is 0 Å². The Morgan fingerprint density at radius 3 is 2.04 bits per heavy atom. The highest BCUT2D eigenvalue weighted by molar-refractivity contribution is 6.27. The van der Waals surface area contributed by atoms with E-state index < -0.39 is 39.8 Å². The third kappa shape index (κ3) is 1.42. The molecule has 0 saturated heterocycles. The Morgan fingerprint density at radius 2 is 1.48 bits per heavy atom. The third-order valence-electron chi connectivity index (χ3n) is 5.71. The number of aliphatic hydroxyl groups is 1. The van der Waals surface area contributed by atoms with Crippen LogP contribution in [-0.4, -0.2) is 37.6 Å². The maximum absolute atomic E-state index is 13.0. The van der Waals surface area contributed by atoms with Gasteiger partial charge in [0.1, 0.15) is 0 Å². The minimum atomic E-state index is -2.26. The highest BCUT2D eigenvalue weighted by Gasteiger charge is 2.66. The Labute approximate surface area is 132 Å². The van der Waals surface area contributed by atoms with Crippen LogP contribution in [0.25, 0.3) is 0 Å². The summed E-state index contributed by atoms with van der Waals surface area (Å²) in [5, 5.41) is 40.9. The summed E-state index contributed by atoms with van der Waals surface area (Å²) in [6.45, 7) is 6.21. The quantitative estimate of drug-likeness (QED) is 0.426. The van der Waals surface area contributed by atoms with Gasteiger partial charge in [-0.15, -0.1) is 0 Å².